The van der Waals surface area contributed by atoms with Gasteiger partial charge in [0.2, 0.25) is 0 Å². The van der Waals surface area contributed by atoms with Gasteiger partial charge in [-0.05, 0) is 25.0 Å². The van der Waals surface area contributed by atoms with Crippen LogP contribution in [0.3, 0.4) is 0 Å². The molecule has 1 aromatic heterocycles. The second kappa shape index (κ2) is 5.63. The molecule has 1 amide bonds. The number of pyridine rings is 1. The summed E-state index contributed by atoms with van der Waals surface area (Å²) < 4.78 is 0. The summed E-state index contributed by atoms with van der Waals surface area (Å²) in [5.41, 5.74) is 0.840. The molecule has 1 saturated carbocycles. The lowest BCUT2D eigenvalue weighted by Gasteiger charge is -2.31. The maximum absolute atomic E-state index is 12.3. The van der Waals surface area contributed by atoms with E-state index < -0.39 is 0 Å². The Morgan fingerprint density at radius 2 is 2.17 bits per heavy atom. The summed E-state index contributed by atoms with van der Waals surface area (Å²) in [6.07, 6.45) is 7.30. The van der Waals surface area contributed by atoms with Gasteiger partial charge in [0.1, 0.15) is 5.69 Å². The van der Waals surface area contributed by atoms with Gasteiger partial charge in [-0.15, -0.1) is 0 Å². The third-order valence-corrected chi connectivity index (χ3v) is 3.55. The standard InChI is InChI=1S/C14H17N3O/c1-17(12-5-3-2-4-6-12)14(18)13-9-11(10-15)7-8-16-13/h7-9,12H,2-6H2,1H3. The lowest BCUT2D eigenvalue weighted by atomic mass is 9.94. The van der Waals surface area contributed by atoms with Gasteiger partial charge in [0, 0.05) is 19.3 Å². The van der Waals surface area contributed by atoms with Gasteiger partial charge in [0.15, 0.2) is 0 Å². The Morgan fingerprint density at radius 1 is 1.44 bits per heavy atom. The van der Waals surface area contributed by atoms with E-state index in [1.54, 1.807) is 17.0 Å². The van der Waals surface area contributed by atoms with Crippen molar-refractivity contribution in [2.45, 2.75) is 38.1 Å². The first kappa shape index (κ1) is 12.6. The van der Waals surface area contributed by atoms with Crippen molar-refractivity contribution >= 4 is 5.91 Å². The van der Waals surface area contributed by atoms with Crippen LogP contribution >= 0.6 is 0 Å². The topological polar surface area (TPSA) is 57.0 Å². The minimum atomic E-state index is -0.0843. The molecule has 0 N–H and O–H groups in total. The van der Waals surface area contributed by atoms with Crippen LogP contribution in [0.1, 0.15) is 48.2 Å². The molecule has 0 atom stereocenters. The lowest BCUT2D eigenvalue weighted by Crippen LogP contribution is -2.38. The summed E-state index contributed by atoms with van der Waals surface area (Å²) in [6, 6.07) is 5.51. The highest BCUT2D eigenvalue weighted by Crippen LogP contribution is 2.22. The Hall–Kier alpha value is -1.89. The zero-order valence-electron chi connectivity index (χ0n) is 10.6. The van der Waals surface area contributed by atoms with Crippen LogP contribution in [0, 0.1) is 11.3 Å². The van der Waals surface area contributed by atoms with Crippen LogP contribution in [0.4, 0.5) is 0 Å². The second-order valence-electron chi connectivity index (χ2n) is 4.75. The van der Waals surface area contributed by atoms with Crippen molar-refractivity contribution in [3.05, 3.63) is 29.6 Å². The molecule has 94 valence electrons. The summed E-state index contributed by atoms with van der Waals surface area (Å²) in [6.45, 7) is 0. The molecule has 1 aliphatic carbocycles. The van der Waals surface area contributed by atoms with Crippen LogP contribution in [0.5, 0.6) is 0 Å². The smallest absolute Gasteiger partial charge is 0.272 e. The lowest BCUT2D eigenvalue weighted by molar-refractivity contribution is 0.0690. The monoisotopic (exact) mass is 243 g/mol. The van der Waals surface area contributed by atoms with E-state index in [1.807, 2.05) is 13.1 Å². The molecule has 18 heavy (non-hydrogen) atoms. The Bertz CT molecular complexity index is 472. The quantitative estimate of drug-likeness (QED) is 0.801. The highest BCUT2D eigenvalue weighted by atomic mass is 16.2. The molecule has 4 nitrogen and oxygen atoms in total. The molecule has 0 spiro atoms. The number of hydrogen-bond acceptors (Lipinski definition) is 3. The van der Waals surface area contributed by atoms with Crippen LogP contribution in [0.25, 0.3) is 0 Å². The molecule has 0 radical (unpaired) electrons. The molecular weight excluding hydrogens is 226 g/mol. The van der Waals surface area contributed by atoms with Crippen molar-refractivity contribution in [3.63, 3.8) is 0 Å². The fourth-order valence-corrected chi connectivity index (χ4v) is 2.43. The fourth-order valence-electron chi connectivity index (χ4n) is 2.43. The number of aromatic nitrogens is 1. The zero-order valence-corrected chi connectivity index (χ0v) is 10.6. The maximum Gasteiger partial charge on any atom is 0.272 e. The largest absolute Gasteiger partial charge is 0.337 e. The van der Waals surface area contributed by atoms with Crippen LogP contribution in [0.2, 0.25) is 0 Å². The SMILES string of the molecule is CN(C(=O)c1cc(C#N)ccn1)C1CCCCC1. The molecule has 0 bridgehead atoms. The molecule has 1 aliphatic rings. The van der Waals surface area contributed by atoms with Crippen LogP contribution in [-0.2, 0) is 0 Å². The molecule has 1 aromatic rings. The third-order valence-electron chi connectivity index (χ3n) is 3.55. The predicted molar refractivity (Wildman–Crippen MR) is 67.9 cm³/mol. The van der Waals surface area contributed by atoms with Crippen LogP contribution in [0.15, 0.2) is 18.3 Å². The van der Waals surface area contributed by atoms with Gasteiger partial charge in [0.25, 0.3) is 5.91 Å². The van der Waals surface area contributed by atoms with Crippen LogP contribution in [-0.4, -0.2) is 28.9 Å². The Balaban J connectivity index is 2.12. The summed E-state index contributed by atoms with van der Waals surface area (Å²) in [5, 5.41) is 8.83. The van der Waals surface area contributed by atoms with E-state index in [2.05, 4.69) is 4.98 Å². The average Bonchev–Trinajstić information content (AvgIpc) is 2.46. The van der Waals surface area contributed by atoms with Crippen molar-refractivity contribution < 1.29 is 4.79 Å². The van der Waals surface area contributed by atoms with E-state index in [-0.39, 0.29) is 5.91 Å². The number of amides is 1. The Morgan fingerprint density at radius 3 is 2.83 bits per heavy atom. The maximum atomic E-state index is 12.3. The van der Waals surface area contributed by atoms with Gasteiger partial charge < -0.3 is 4.90 Å². The van der Waals surface area contributed by atoms with E-state index in [4.69, 9.17) is 5.26 Å². The van der Waals surface area contributed by atoms with Gasteiger partial charge in [-0.1, -0.05) is 19.3 Å². The minimum absolute atomic E-state index is 0.0843. The molecule has 0 aliphatic heterocycles. The van der Waals surface area contributed by atoms with E-state index in [0.717, 1.165) is 12.8 Å². The molecule has 4 heteroatoms. The highest BCUT2D eigenvalue weighted by Gasteiger charge is 2.23. The number of carbonyl (C=O) groups excluding carboxylic acids is 1. The molecular formula is C14H17N3O. The number of hydrogen-bond donors (Lipinski definition) is 0. The number of carbonyl (C=O) groups is 1. The first-order chi connectivity index (χ1) is 8.72. The first-order valence-corrected chi connectivity index (χ1v) is 6.35. The number of rotatable bonds is 2. The second-order valence-corrected chi connectivity index (χ2v) is 4.75. The van der Waals surface area contributed by atoms with E-state index in [0.29, 0.717) is 17.3 Å². The number of nitrogens with zero attached hydrogens (tertiary/aromatic N) is 3. The summed E-state index contributed by atoms with van der Waals surface area (Å²) >= 11 is 0. The Kier molecular flexibility index (Phi) is 3.93. The molecule has 1 fully saturated rings. The fraction of sp³-hybridized carbons (Fsp3) is 0.500. The molecule has 0 saturated heterocycles. The summed E-state index contributed by atoms with van der Waals surface area (Å²) in [7, 11) is 1.83. The van der Waals surface area contributed by atoms with E-state index in [1.165, 1.54) is 25.5 Å². The molecule has 1 heterocycles. The first-order valence-electron chi connectivity index (χ1n) is 6.35. The van der Waals surface area contributed by atoms with Gasteiger partial charge in [0.05, 0.1) is 11.6 Å². The van der Waals surface area contributed by atoms with E-state index in [9.17, 15) is 4.79 Å². The molecule has 2 rings (SSSR count). The average molecular weight is 243 g/mol. The normalized spacial score (nSPS) is 16.0. The predicted octanol–water partition coefficient (Wildman–Crippen LogP) is 2.36. The number of nitriles is 1. The van der Waals surface area contributed by atoms with Crippen LogP contribution < -0.4 is 0 Å². The van der Waals surface area contributed by atoms with Crippen molar-refractivity contribution in [1.29, 1.82) is 5.26 Å². The zero-order chi connectivity index (χ0) is 13.0. The van der Waals surface area contributed by atoms with Crippen molar-refractivity contribution in [2.75, 3.05) is 7.05 Å². The van der Waals surface area contributed by atoms with Crippen molar-refractivity contribution in [1.82, 2.24) is 9.88 Å². The van der Waals surface area contributed by atoms with Gasteiger partial charge in [-0.3, -0.25) is 9.78 Å². The van der Waals surface area contributed by atoms with Crippen molar-refractivity contribution in [3.8, 4) is 6.07 Å². The van der Waals surface area contributed by atoms with Gasteiger partial charge in [-0.2, -0.15) is 5.26 Å². The highest BCUT2D eigenvalue weighted by molar-refractivity contribution is 5.92. The minimum Gasteiger partial charge on any atom is -0.337 e. The molecule has 0 aromatic carbocycles. The summed E-state index contributed by atoms with van der Waals surface area (Å²) in [4.78, 5) is 18.1. The van der Waals surface area contributed by atoms with E-state index >= 15 is 0 Å². The van der Waals surface area contributed by atoms with Gasteiger partial charge in [-0.25, -0.2) is 0 Å². The van der Waals surface area contributed by atoms with Crippen molar-refractivity contribution in [2.24, 2.45) is 0 Å². The van der Waals surface area contributed by atoms with Gasteiger partial charge >= 0.3 is 0 Å². The summed E-state index contributed by atoms with van der Waals surface area (Å²) in [5.74, 6) is -0.0843. The molecule has 0 unspecified atom stereocenters. The third kappa shape index (κ3) is 2.67. The Labute approximate surface area is 107 Å².